The van der Waals surface area contributed by atoms with E-state index in [0.29, 0.717) is 22.8 Å². The molecule has 19 heavy (non-hydrogen) atoms. The van der Waals surface area contributed by atoms with Gasteiger partial charge >= 0.3 is 5.97 Å². The summed E-state index contributed by atoms with van der Waals surface area (Å²) < 4.78 is 10.4. The summed E-state index contributed by atoms with van der Waals surface area (Å²) in [6.07, 6.45) is 0.390. The molecule has 0 aliphatic carbocycles. The molecular formula is C14H20ClNO3. The SMILES string of the molecule is CCOC(=O)C(N)(CC)c1cc(Cl)c(C)cc1OC. The van der Waals surface area contributed by atoms with E-state index in [2.05, 4.69) is 0 Å². The van der Waals surface area contributed by atoms with Crippen LogP contribution in [0.2, 0.25) is 5.02 Å². The number of carbonyl (C=O) groups excluding carboxylic acids is 1. The Labute approximate surface area is 118 Å². The van der Waals surface area contributed by atoms with Gasteiger partial charge in [0.1, 0.15) is 11.3 Å². The highest BCUT2D eigenvalue weighted by molar-refractivity contribution is 6.31. The van der Waals surface area contributed by atoms with Crippen LogP contribution < -0.4 is 10.5 Å². The van der Waals surface area contributed by atoms with Crippen molar-refractivity contribution in [3.05, 3.63) is 28.3 Å². The van der Waals surface area contributed by atoms with Crippen LogP contribution in [0.1, 0.15) is 31.4 Å². The number of benzene rings is 1. The molecule has 1 rings (SSSR count). The highest BCUT2D eigenvalue weighted by Gasteiger charge is 2.38. The third-order valence-corrected chi connectivity index (χ3v) is 3.57. The molecule has 1 aromatic rings. The van der Waals surface area contributed by atoms with E-state index in [1.165, 1.54) is 7.11 Å². The van der Waals surface area contributed by atoms with Crippen LogP contribution in [0.25, 0.3) is 0 Å². The normalized spacial score (nSPS) is 13.8. The van der Waals surface area contributed by atoms with Crippen LogP contribution >= 0.6 is 11.6 Å². The lowest BCUT2D eigenvalue weighted by Crippen LogP contribution is -2.45. The molecule has 106 valence electrons. The van der Waals surface area contributed by atoms with Crippen molar-refractivity contribution in [3.63, 3.8) is 0 Å². The zero-order valence-corrected chi connectivity index (χ0v) is 12.5. The number of ether oxygens (including phenoxy) is 2. The predicted molar refractivity (Wildman–Crippen MR) is 75.5 cm³/mol. The lowest BCUT2D eigenvalue weighted by Gasteiger charge is -2.28. The van der Waals surface area contributed by atoms with E-state index in [9.17, 15) is 4.79 Å². The maximum atomic E-state index is 12.1. The number of halogens is 1. The highest BCUT2D eigenvalue weighted by atomic mass is 35.5. The molecule has 0 heterocycles. The Morgan fingerprint density at radius 2 is 2.05 bits per heavy atom. The van der Waals surface area contributed by atoms with E-state index >= 15 is 0 Å². The highest BCUT2D eigenvalue weighted by Crippen LogP contribution is 2.35. The summed E-state index contributed by atoms with van der Waals surface area (Å²) in [5.41, 5.74) is 6.39. The van der Waals surface area contributed by atoms with Crippen LogP contribution in [-0.4, -0.2) is 19.7 Å². The van der Waals surface area contributed by atoms with Gasteiger partial charge in [0.25, 0.3) is 0 Å². The fraction of sp³-hybridized carbons (Fsp3) is 0.500. The molecule has 0 aliphatic rings. The van der Waals surface area contributed by atoms with Gasteiger partial charge in [0.15, 0.2) is 0 Å². The number of hydrogen-bond donors (Lipinski definition) is 1. The minimum Gasteiger partial charge on any atom is -0.496 e. The Morgan fingerprint density at radius 3 is 2.53 bits per heavy atom. The van der Waals surface area contributed by atoms with E-state index in [-0.39, 0.29) is 6.61 Å². The number of esters is 1. The summed E-state index contributed by atoms with van der Waals surface area (Å²) in [6.45, 7) is 5.71. The Morgan fingerprint density at radius 1 is 1.42 bits per heavy atom. The zero-order valence-electron chi connectivity index (χ0n) is 11.7. The molecule has 1 unspecified atom stereocenters. The van der Waals surface area contributed by atoms with E-state index in [0.717, 1.165) is 5.56 Å². The van der Waals surface area contributed by atoms with Crippen molar-refractivity contribution in [1.29, 1.82) is 0 Å². The van der Waals surface area contributed by atoms with Crippen molar-refractivity contribution in [2.24, 2.45) is 5.73 Å². The summed E-state index contributed by atoms with van der Waals surface area (Å²) in [4.78, 5) is 12.1. The standard InChI is InChI=1S/C14H20ClNO3/c1-5-14(16,13(17)19-6-2)10-8-11(15)9(3)7-12(10)18-4/h7-8H,5-6,16H2,1-4H3. The van der Waals surface area contributed by atoms with Gasteiger partial charge in [-0.2, -0.15) is 0 Å². The Kier molecular flexibility index (Phi) is 5.20. The predicted octanol–water partition coefficient (Wildman–Crippen LogP) is 2.78. The van der Waals surface area contributed by atoms with Crippen molar-refractivity contribution in [2.45, 2.75) is 32.7 Å². The smallest absolute Gasteiger partial charge is 0.330 e. The van der Waals surface area contributed by atoms with Crippen molar-refractivity contribution >= 4 is 17.6 Å². The first-order chi connectivity index (χ1) is 8.90. The fourth-order valence-electron chi connectivity index (χ4n) is 1.88. The molecule has 1 atom stereocenters. The Hall–Kier alpha value is -1.26. The zero-order chi connectivity index (χ0) is 14.6. The first-order valence-electron chi connectivity index (χ1n) is 6.21. The molecule has 0 aliphatic heterocycles. The van der Waals surface area contributed by atoms with Gasteiger partial charge in [0.2, 0.25) is 0 Å². The maximum Gasteiger partial charge on any atom is 0.330 e. The minimum absolute atomic E-state index is 0.277. The number of rotatable bonds is 5. The van der Waals surface area contributed by atoms with E-state index in [4.69, 9.17) is 26.8 Å². The Bertz CT molecular complexity index is 476. The van der Waals surface area contributed by atoms with Crippen LogP contribution in [0.15, 0.2) is 12.1 Å². The summed E-state index contributed by atoms with van der Waals surface area (Å²) in [5.74, 6) is 0.0648. The second-order valence-electron chi connectivity index (χ2n) is 4.35. The molecule has 0 amide bonds. The molecule has 1 aromatic carbocycles. The molecule has 0 bridgehead atoms. The second-order valence-corrected chi connectivity index (χ2v) is 4.75. The average Bonchev–Trinajstić information content (AvgIpc) is 2.40. The van der Waals surface area contributed by atoms with Crippen LogP contribution in [0, 0.1) is 6.92 Å². The maximum absolute atomic E-state index is 12.1. The van der Waals surface area contributed by atoms with Crippen LogP contribution in [0.5, 0.6) is 5.75 Å². The van der Waals surface area contributed by atoms with Gasteiger partial charge in [-0.25, -0.2) is 4.79 Å². The van der Waals surface area contributed by atoms with Crippen LogP contribution in [0.4, 0.5) is 0 Å². The topological polar surface area (TPSA) is 61.5 Å². The molecule has 0 saturated carbocycles. The van der Waals surface area contributed by atoms with E-state index in [1.54, 1.807) is 19.1 Å². The third-order valence-electron chi connectivity index (χ3n) is 3.16. The molecule has 5 heteroatoms. The molecule has 2 N–H and O–H groups in total. The lowest BCUT2D eigenvalue weighted by molar-refractivity contribution is -0.150. The van der Waals surface area contributed by atoms with Crippen molar-refractivity contribution in [1.82, 2.24) is 0 Å². The first-order valence-corrected chi connectivity index (χ1v) is 6.59. The van der Waals surface area contributed by atoms with Gasteiger partial charge in [-0.1, -0.05) is 18.5 Å². The van der Waals surface area contributed by atoms with Gasteiger partial charge < -0.3 is 15.2 Å². The number of nitrogens with two attached hydrogens (primary N) is 1. The molecule has 0 aromatic heterocycles. The molecular weight excluding hydrogens is 266 g/mol. The van der Waals surface area contributed by atoms with Crippen LogP contribution in [0.3, 0.4) is 0 Å². The van der Waals surface area contributed by atoms with Crippen molar-refractivity contribution in [3.8, 4) is 5.75 Å². The van der Waals surface area contributed by atoms with Gasteiger partial charge in [-0.05, 0) is 38.0 Å². The number of aryl methyl sites for hydroxylation is 1. The van der Waals surface area contributed by atoms with Crippen molar-refractivity contribution in [2.75, 3.05) is 13.7 Å². The fourth-order valence-corrected chi connectivity index (χ4v) is 2.04. The van der Waals surface area contributed by atoms with Gasteiger partial charge in [-0.3, -0.25) is 0 Å². The number of hydrogen-bond acceptors (Lipinski definition) is 4. The average molecular weight is 286 g/mol. The number of carbonyl (C=O) groups is 1. The Balaban J connectivity index is 3.39. The van der Waals surface area contributed by atoms with Gasteiger partial charge in [0.05, 0.1) is 13.7 Å². The lowest BCUT2D eigenvalue weighted by atomic mass is 9.87. The molecule has 0 spiro atoms. The molecule has 0 saturated heterocycles. The second kappa shape index (κ2) is 6.26. The van der Waals surface area contributed by atoms with Gasteiger partial charge in [-0.15, -0.1) is 0 Å². The summed E-state index contributed by atoms with van der Waals surface area (Å²) in [5, 5.41) is 0.545. The first kappa shape index (κ1) is 15.8. The van der Waals surface area contributed by atoms with Crippen molar-refractivity contribution < 1.29 is 14.3 Å². The molecule has 0 radical (unpaired) electrons. The minimum atomic E-state index is -1.25. The van der Waals surface area contributed by atoms with Gasteiger partial charge in [0, 0.05) is 10.6 Å². The molecule has 4 nitrogen and oxygen atoms in total. The summed E-state index contributed by atoms with van der Waals surface area (Å²) in [6, 6.07) is 3.45. The van der Waals surface area contributed by atoms with E-state index in [1.807, 2.05) is 13.8 Å². The quantitative estimate of drug-likeness (QED) is 0.845. The number of methoxy groups -OCH3 is 1. The third kappa shape index (κ3) is 3.01. The van der Waals surface area contributed by atoms with Crippen LogP contribution in [-0.2, 0) is 15.1 Å². The molecule has 0 fully saturated rings. The summed E-state index contributed by atoms with van der Waals surface area (Å²) in [7, 11) is 1.54. The monoisotopic (exact) mass is 285 g/mol. The summed E-state index contributed by atoms with van der Waals surface area (Å²) >= 11 is 6.12. The largest absolute Gasteiger partial charge is 0.496 e. The van der Waals surface area contributed by atoms with E-state index < -0.39 is 11.5 Å².